The van der Waals surface area contributed by atoms with E-state index in [1.54, 1.807) is 6.07 Å². The van der Waals surface area contributed by atoms with Crippen LogP contribution in [0.25, 0.3) is 0 Å². The first-order valence-corrected chi connectivity index (χ1v) is 8.01. The average Bonchev–Trinajstić information content (AvgIpc) is 2.49. The van der Waals surface area contributed by atoms with Crippen LogP contribution in [0.15, 0.2) is 11.0 Å². The summed E-state index contributed by atoms with van der Waals surface area (Å²) in [6, 6.07) is 1.70. The van der Waals surface area contributed by atoms with Gasteiger partial charge in [0.25, 0.3) is 0 Å². The van der Waals surface area contributed by atoms with Crippen LogP contribution >= 0.6 is 11.3 Å². The third-order valence-corrected chi connectivity index (χ3v) is 6.00. The first-order valence-electron chi connectivity index (χ1n) is 5.75. The van der Waals surface area contributed by atoms with E-state index in [-0.39, 0.29) is 18.9 Å². The molecular weight excluding hydrogens is 272 g/mol. The van der Waals surface area contributed by atoms with Crippen molar-refractivity contribution in [1.82, 2.24) is 9.62 Å². The molecule has 1 aromatic rings. The molecule has 2 rings (SSSR count). The number of nitrogens with zero attached hydrogens (tertiary/aromatic N) is 1. The number of rotatable bonds is 2. The number of carbonyl (C=O) groups is 1. The molecule has 2 heterocycles. The van der Waals surface area contributed by atoms with Crippen LogP contribution in [-0.2, 0) is 14.8 Å². The summed E-state index contributed by atoms with van der Waals surface area (Å²) in [5.74, 6) is -0.0917. The molecule has 1 fully saturated rings. The number of hydrogen-bond donors (Lipinski definition) is 1. The number of hydrogen-bond acceptors (Lipinski definition) is 4. The molecule has 0 radical (unpaired) electrons. The quantitative estimate of drug-likeness (QED) is 0.878. The van der Waals surface area contributed by atoms with Gasteiger partial charge in [-0.3, -0.25) is 4.79 Å². The summed E-state index contributed by atoms with van der Waals surface area (Å²) in [5.41, 5.74) is 0. The predicted octanol–water partition coefficient (Wildman–Crippen LogP) is 0.876. The SMILES string of the molecule is Cc1cc(S(=O)(=O)N2CCNC(=O)CC2)c(C)s1. The molecule has 0 aromatic carbocycles. The lowest BCUT2D eigenvalue weighted by Gasteiger charge is -2.18. The summed E-state index contributed by atoms with van der Waals surface area (Å²) in [4.78, 5) is 13.4. The molecule has 5 nitrogen and oxygen atoms in total. The van der Waals surface area contributed by atoms with Crippen LogP contribution in [0, 0.1) is 13.8 Å². The molecule has 1 aromatic heterocycles. The van der Waals surface area contributed by atoms with Crippen LogP contribution in [0.3, 0.4) is 0 Å². The zero-order valence-electron chi connectivity index (χ0n) is 10.4. The molecule has 0 spiro atoms. The first-order chi connectivity index (χ1) is 8.41. The Labute approximate surface area is 111 Å². The molecule has 0 saturated carbocycles. The smallest absolute Gasteiger partial charge is 0.244 e. The fraction of sp³-hybridized carbons (Fsp3) is 0.545. The van der Waals surface area contributed by atoms with Crippen molar-refractivity contribution in [3.05, 3.63) is 15.8 Å². The highest BCUT2D eigenvalue weighted by Gasteiger charge is 2.28. The number of carbonyl (C=O) groups excluding carboxylic acids is 1. The molecular formula is C11H16N2O3S2. The maximum Gasteiger partial charge on any atom is 0.244 e. The van der Waals surface area contributed by atoms with Crippen molar-refractivity contribution in [2.75, 3.05) is 19.6 Å². The number of amides is 1. The summed E-state index contributed by atoms with van der Waals surface area (Å²) in [5, 5.41) is 2.68. The lowest BCUT2D eigenvalue weighted by molar-refractivity contribution is -0.120. The van der Waals surface area contributed by atoms with Gasteiger partial charge in [-0.25, -0.2) is 8.42 Å². The second kappa shape index (κ2) is 4.99. The van der Waals surface area contributed by atoms with E-state index in [1.165, 1.54) is 15.6 Å². The Morgan fingerprint density at radius 3 is 2.67 bits per heavy atom. The maximum absolute atomic E-state index is 12.5. The van der Waals surface area contributed by atoms with E-state index < -0.39 is 10.0 Å². The maximum atomic E-state index is 12.5. The molecule has 18 heavy (non-hydrogen) atoms. The van der Waals surface area contributed by atoms with Gasteiger partial charge in [0.2, 0.25) is 15.9 Å². The van der Waals surface area contributed by atoms with Gasteiger partial charge in [-0.15, -0.1) is 11.3 Å². The van der Waals surface area contributed by atoms with Gasteiger partial charge in [0.05, 0.1) is 4.90 Å². The molecule has 0 aliphatic carbocycles. The third-order valence-electron chi connectivity index (χ3n) is 2.88. The standard InChI is InChI=1S/C11H16N2O3S2/c1-8-7-10(9(2)17-8)18(15,16)13-5-3-11(14)12-4-6-13/h7H,3-6H2,1-2H3,(H,12,14). The van der Waals surface area contributed by atoms with Gasteiger partial charge in [0.1, 0.15) is 0 Å². The molecule has 1 saturated heterocycles. The Morgan fingerprint density at radius 2 is 2.06 bits per heavy atom. The number of nitrogens with one attached hydrogen (secondary N) is 1. The first kappa shape index (κ1) is 13.5. The molecule has 0 unspecified atom stereocenters. The summed E-state index contributed by atoms with van der Waals surface area (Å²) in [6.45, 7) is 4.67. The van der Waals surface area contributed by atoms with Gasteiger partial charge in [-0.05, 0) is 19.9 Å². The highest BCUT2D eigenvalue weighted by molar-refractivity contribution is 7.89. The predicted molar refractivity (Wildman–Crippen MR) is 70.2 cm³/mol. The van der Waals surface area contributed by atoms with Crippen LogP contribution < -0.4 is 5.32 Å². The molecule has 1 aliphatic rings. The van der Waals surface area contributed by atoms with Crippen molar-refractivity contribution < 1.29 is 13.2 Å². The van der Waals surface area contributed by atoms with E-state index in [9.17, 15) is 13.2 Å². The van der Waals surface area contributed by atoms with Crippen molar-refractivity contribution in [1.29, 1.82) is 0 Å². The van der Waals surface area contributed by atoms with E-state index in [0.29, 0.717) is 18.0 Å². The Balaban J connectivity index is 2.30. The largest absolute Gasteiger partial charge is 0.355 e. The summed E-state index contributed by atoms with van der Waals surface area (Å²) < 4.78 is 26.3. The lowest BCUT2D eigenvalue weighted by atomic mass is 10.4. The molecule has 1 amide bonds. The van der Waals surface area contributed by atoms with Crippen molar-refractivity contribution in [2.24, 2.45) is 0 Å². The van der Waals surface area contributed by atoms with Crippen LogP contribution in [-0.4, -0.2) is 38.3 Å². The van der Waals surface area contributed by atoms with Crippen LogP contribution in [0.4, 0.5) is 0 Å². The van der Waals surface area contributed by atoms with Gasteiger partial charge in [-0.1, -0.05) is 0 Å². The topological polar surface area (TPSA) is 66.5 Å². The molecule has 7 heteroatoms. The van der Waals surface area contributed by atoms with Crippen molar-refractivity contribution in [3.63, 3.8) is 0 Å². The van der Waals surface area contributed by atoms with E-state index in [0.717, 1.165) is 9.75 Å². The zero-order chi connectivity index (χ0) is 13.3. The number of aryl methyl sites for hydroxylation is 2. The lowest BCUT2D eigenvalue weighted by Crippen LogP contribution is -2.34. The monoisotopic (exact) mass is 288 g/mol. The molecule has 0 bridgehead atoms. The second-order valence-electron chi connectivity index (χ2n) is 4.28. The van der Waals surface area contributed by atoms with Gasteiger partial charge in [-0.2, -0.15) is 4.31 Å². The van der Waals surface area contributed by atoms with Gasteiger partial charge in [0.15, 0.2) is 0 Å². The fourth-order valence-corrected chi connectivity index (χ4v) is 4.95. The molecule has 0 atom stereocenters. The highest BCUT2D eigenvalue weighted by atomic mass is 32.2. The molecule has 1 aliphatic heterocycles. The minimum Gasteiger partial charge on any atom is -0.355 e. The van der Waals surface area contributed by atoms with Crippen molar-refractivity contribution in [2.45, 2.75) is 25.2 Å². The van der Waals surface area contributed by atoms with Crippen LogP contribution in [0.1, 0.15) is 16.2 Å². The Morgan fingerprint density at radius 1 is 1.33 bits per heavy atom. The van der Waals surface area contributed by atoms with Gasteiger partial charge < -0.3 is 5.32 Å². The van der Waals surface area contributed by atoms with Gasteiger partial charge >= 0.3 is 0 Å². The fourth-order valence-electron chi connectivity index (χ4n) is 1.99. The van der Waals surface area contributed by atoms with E-state index in [4.69, 9.17) is 0 Å². The summed E-state index contributed by atoms with van der Waals surface area (Å²) >= 11 is 1.48. The third kappa shape index (κ3) is 2.57. The van der Waals surface area contributed by atoms with E-state index >= 15 is 0 Å². The minimum atomic E-state index is -3.47. The Kier molecular flexibility index (Phi) is 3.74. The Bertz CT molecular complexity index is 563. The minimum absolute atomic E-state index is 0.0917. The molecule has 1 N–H and O–H groups in total. The van der Waals surface area contributed by atoms with E-state index in [1.807, 2.05) is 13.8 Å². The van der Waals surface area contributed by atoms with Crippen LogP contribution in [0.2, 0.25) is 0 Å². The zero-order valence-corrected chi connectivity index (χ0v) is 12.0. The Hall–Kier alpha value is -0.920. The average molecular weight is 288 g/mol. The molecule has 100 valence electrons. The number of thiophene rings is 1. The highest BCUT2D eigenvalue weighted by Crippen LogP contribution is 2.27. The van der Waals surface area contributed by atoms with Crippen molar-refractivity contribution >= 4 is 27.3 Å². The van der Waals surface area contributed by atoms with E-state index in [2.05, 4.69) is 5.32 Å². The van der Waals surface area contributed by atoms with Crippen molar-refractivity contribution in [3.8, 4) is 0 Å². The summed E-state index contributed by atoms with van der Waals surface area (Å²) in [6.07, 6.45) is 0.224. The van der Waals surface area contributed by atoms with Gasteiger partial charge in [0, 0.05) is 35.8 Å². The number of sulfonamides is 1. The van der Waals surface area contributed by atoms with Crippen LogP contribution in [0.5, 0.6) is 0 Å². The second-order valence-corrected chi connectivity index (χ2v) is 7.65. The summed E-state index contributed by atoms with van der Waals surface area (Å²) in [7, 11) is -3.47. The normalized spacial score (nSPS) is 18.4.